The summed E-state index contributed by atoms with van der Waals surface area (Å²) in [6.07, 6.45) is 0.931. The molecule has 0 spiro atoms. The van der Waals surface area contributed by atoms with Gasteiger partial charge in [0.2, 0.25) is 0 Å². The topological polar surface area (TPSA) is 136 Å². The first kappa shape index (κ1) is 14.9. The molecule has 1 aliphatic heterocycles. The number of non-ortho nitro benzene ring substituents is 1. The predicted octanol–water partition coefficient (Wildman–Crippen LogP) is 1.25. The third kappa shape index (κ3) is 2.82. The van der Waals surface area contributed by atoms with Crippen LogP contribution in [0.2, 0.25) is 0 Å². The molecule has 0 saturated carbocycles. The van der Waals surface area contributed by atoms with Gasteiger partial charge in [0.05, 0.1) is 15.9 Å². The van der Waals surface area contributed by atoms with Crippen molar-refractivity contribution in [3.63, 3.8) is 0 Å². The average molecular weight is 295 g/mol. The minimum absolute atomic E-state index is 0.0867. The van der Waals surface area contributed by atoms with Crippen molar-refractivity contribution in [1.29, 1.82) is 0 Å². The number of nitrogens with one attached hydrogen (secondary N) is 1. The first-order valence-electron chi connectivity index (χ1n) is 6.26. The summed E-state index contributed by atoms with van der Waals surface area (Å²) in [7, 11) is 0. The fourth-order valence-electron chi connectivity index (χ4n) is 2.53. The van der Waals surface area contributed by atoms with E-state index in [0.717, 1.165) is 12.1 Å². The molecule has 0 bridgehead atoms. The van der Waals surface area contributed by atoms with Gasteiger partial charge in [0.1, 0.15) is 5.54 Å². The SMILES string of the molecule is O=C(O)C1(Cc2ccc([N+](=O)[O-])cc2[N+](=O)[O-])CCCN1. The van der Waals surface area contributed by atoms with Crippen LogP contribution in [0.15, 0.2) is 18.2 Å². The largest absolute Gasteiger partial charge is 0.480 e. The number of nitro benzene ring substituents is 2. The predicted molar refractivity (Wildman–Crippen MR) is 71.1 cm³/mol. The molecule has 1 aromatic carbocycles. The summed E-state index contributed by atoms with van der Waals surface area (Å²) >= 11 is 0. The van der Waals surface area contributed by atoms with E-state index in [9.17, 15) is 30.1 Å². The van der Waals surface area contributed by atoms with Crippen LogP contribution in [0.3, 0.4) is 0 Å². The van der Waals surface area contributed by atoms with E-state index < -0.39 is 32.7 Å². The van der Waals surface area contributed by atoms with Crippen molar-refractivity contribution in [3.8, 4) is 0 Å². The van der Waals surface area contributed by atoms with Crippen LogP contribution in [-0.2, 0) is 11.2 Å². The van der Waals surface area contributed by atoms with Crippen LogP contribution < -0.4 is 5.32 Å². The van der Waals surface area contributed by atoms with Gasteiger partial charge in [-0.2, -0.15) is 0 Å². The summed E-state index contributed by atoms with van der Waals surface area (Å²) in [4.78, 5) is 31.7. The summed E-state index contributed by atoms with van der Waals surface area (Å²) in [6.45, 7) is 0.521. The molecule has 1 saturated heterocycles. The van der Waals surface area contributed by atoms with Crippen molar-refractivity contribution >= 4 is 17.3 Å². The van der Waals surface area contributed by atoms with Gasteiger partial charge in [0.15, 0.2) is 0 Å². The quantitative estimate of drug-likeness (QED) is 0.616. The van der Waals surface area contributed by atoms with Gasteiger partial charge in [-0.05, 0) is 25.5 Å². The van der Waals surface area contributed by atoms with Crippen LogP contribution in [0.1, 0.15) is 18.4 Å². The second kappa shape index (κ2) is 5.44. The van der Waals surface area contributed by atoms with Crippen molar-refractivity contribution in [1.82, 2.24) is 5.32 Å². The van der Waals surface area contributed by atoms with Crippen molar-refractivity contribution in [2.24, 2.45) is 0 Å². The summed E-state index contributed by atoms with van der Waals surface area (Å²) < 4.78 is 0. The lowest BCUT2D eigenvalue weighted by Crippen LogP contribution is -2.49. The maximum absolute atomic E-state index is 11.4. The first-order chi connectivity index (χ1) is 9.85. The van der Waals surface area contributed by atoms with Crippen molar-refractivity contribution in [2.75, 3.05) is 6.54 Å². The molecule has 2 N–H and O–H groups in total. The Morgan fingerprint density at radius 1 is 1.33 bits per heavy atom. The Kier molecular flexibility index (Phi) is 3.85. The second-order valence-electron chi connectivity index (χ2n) is 4.92. The summed E-state index contributed by atoms with van der Waals surface area (Å²) in [5.41, 5.74) is -1.91. The Labute approximate surface area is 118 Å². The summed E-state index contributed by atoms with van der Waals surface area (Å²) in [6, 6.07) is 3.26. The van der Waals surface area contributed by atoms with E-state index in [2.05, 4.69) is 5.32 Å². The third-order valence-corrected chi connectivity index (χ3v) is 3.62. The number of nitro groups is 2. The lowest BCUT2D eigenvalue weighted by molar-refractivity contribution is -0.394. The van der Waals surface area contributed by atoms with Gasteiger partial charge in [-0.1, -0.05) is 0 Å². The zero-order valence-corrected chi connectivity index (χ0v) is 10.9. The molecule has 21 heavy (non-hydrogen) atoms. The highest BCUT2D eigenvalue weighted by Crippen LogP contribution is 2.31. The molecular formula is C12H13N3O6. The van der Waals surface area contributed by atoms with Crippen molar-refractivity contribution in [3.05, 3.63) is 44.0 Å². The molecule has 0 aliphatic carbocycles. The molecule has 9 nitrogen and oxygen atoms in total. The molecule has 0 amide bonds. The van der Waals surface area contributed by atoms with Crippen LogP contribution in [0.5, 0.6) is 0 Å². The maximum Gasteiger partial charge on any atom is 0.324 e. The number of aliphatic carboxylic acids is 1. The zero-order valence-electron chi connectivity index (χ0n) is 10.9. The number of rotatable bonds is 5. The Morgan fingerprint density at radius 2 is 2.05 bits per heavy atom. The number of carbonyl (C=O) groups is 1. The van der Waals surface area contributed by atoms with Gasteiger partial charge >= 0.3 is 5.97 Å². The van der Waals surface area contributed by atoms with Gasteiger partial charge in [-0.15, -0.1) is 0 Å². The van der Waals surface area contributed by atoms with Gasteiger partial charge in [0, 0.05) is 18.1 Å². The molecule has 112 valence electrons. The first-order valence-corrected chi connectivity index (χ1v) is 6.26. The van der Waals surface area contributed by atoms with Crippen LogP contribution in [0, 0.1) is 20.2 Å². The average Bonchev–Trinajstić information content (AvgIpc) is 2.88. The molecule has 0 aromatic heterocycles. The molecule has 1 unspecified atom stereocenters. The molecule has 1 aliphatic rings. The van der Waals surface area contributed by atoms with Gasteiger partial charge in [0.25, 0.3) is 11.4 Å². The van der Waals surface area contributed by atoms with E-state index in [1.165, 1.54) is 6.07 Å². The Hall–Kier alpha value is -2.55. The minimum atomic E-state index is -1.25. The Morgan fingerprint density at radius 3 is 2.52 bits per heavy atom. The summed E-state index contributed by atoms with van der Waals surface area (Å²) in [5, 5.41) is 34.0. The second-order valence-corrected chi connectivity index (χ2v) is 4.92. The highest BCUT2D eigenvalue weighted by molar-refractivity contribution is 5.80. The van der Waals surface area contributed by atoms with E-state index >= 15 is 0 Å². The van der Waals surface area contributed by atoms with Crippen LogP contribution in [0.25, 0.3) is 0 Å². The normalized spacial score (nSPS) is 21.1. The lowest BCUT2D eigenvalue weighted by atomic mass is 9.88. The number of hydrogen-bond donors (Lipinski definition) is 2. The number of carboxylic acid groups (broad SMARTS) is 1. The smallest absolute Gasteiger partial charge is 0.324 e. The van der Waals surface area contributed by atoms with Crippen molar-refractivity contribution in [2.45, 2.75) is 24.8 Å². The van der Waals surface area contributed by atoms with Crippen LogP contribution in [0.4, 0.5) is 11.4 Å². The highest BCUT2D eigenvalue weighted by Gasteiger charge is 2.42. The van der Waals surface area contributed by atoms with Gasteiger partial charge < -0.3 is 10.4 Å². The number of carboxylic acids is 1. The van der Waals surface area contributed by atoms with E-state index in [1.807, 2.05) is 0 Å². The third-order valence-electron chi connectivity index (χ3n) is 3.62. The molecule has 1 fully saturated rings. The molecular weight excluding hydrogens is 282 g/mol. The van der Waals surface area contributed by atoms with E-state index in [0.29, 0.717) is 19.4 Å². The lowest BCUT2D eigenvalue weighted by Gasteiger charge is -2.24. The Bertz CT molecular complexity index is 609. The van der Waals surface area contributed by atoms with Crippen molar-refractivity contribution < 1.29 is 19.7 Å². The molecule has 1 atom stereocenters. The number of nitrogens with zero attached hydrogens (tertiary/aromatic N) is 2. The van der Waals surface area contributed by atoms with E-state index in [4.69, 9.17) is 0 Å². The highest BCUT2D eigenvalue weighted by atomic mass is 16.6. The number of hydrogen-bond acceptors (Lipinski definition) is 6. The van der Waals surface area contributed by atoms with E-state index in [1.54, 1.807) is 0 Å². The van der Waals surface area contributed by atoms with Gasteiger partial charge in [-0.3, -0.25) is 25.0 Å². The number of benzene rings is 1. The zero-order chi connectivity index (χ0) is 15.6. The van der Waals surface area contributed by atoms with Crippen LogP contribution >= 0.6 is 0 Å². The summed E-state index contributed by atoms with van der Waals surface area (Å²) in [5.74, 6) is -1.08. The van der Waals surface area contributed by atoms with E-state index in [-0.39, 0.29) is 12.0 Å². The standard InChI is InChI=1S/C12H13N3O6/c16-11(17)12(4-1-5-13-12)7-8-2-3-9(14(18)19)6-10(8)15(20)21/h2-3,6,13H,1,4-5,7H2,(H,16,17). The minimum Gasteiger partial charge on any atom is -0.480 e. The molecule has 9 heteroatoms. The maximum atomic E-state index is 11.4. The monoisotopic (exact) mass is 295 g/mol. The Balaban J connectivity index is 2.41. The molecule has 1 aromatic rings. The molecule has 0 radical (unpaired) electrons. The fourth-order valence-corrected chi connectivity index (χ4v) is 2.53. The molecule has 2 rings (SSSR count). The fraction of sp³-hybridized carbons (Fsp3) is 0.417. The van der Waals surface area contributed by atoms with Crippen LogP contribution in [-0.4, -0.2) is 33.0 Å². The van der Waals surface area contributed by atoms with Gasteiger partial charge in [-0.25, -0.2) is 0 Å². The molecule has 1 heterocycles.